The van der Waals surface area contributed by atoms with E-state index in [2.05, 4.69) is 5.32 Å². The van der Waals surface area contributed by atoms with Crippen LogP contribution in [0.4, 0.5) is 0 Å². The molecule has 0 radical (unpaired) electrons. The lowest BCUT2D eigenvalue weighted by atomic mass is 10.0. The summed E-state index contributed by atoms with van der Waals surface area (Å²) < 4.78 is 5.09. The zero-order chi connectivity index (χ0) is 19.1. The number of esters is 1. The van der Waals surface area contributed by atoms with Crippen molar-refractivity contribution in [2.75, 3.05) is 6.61 Å². The Balaban J connectivity index is 1.45. The molecular formula is C22H21NO3S. The summed E-state index contributed by atoms with van der Waals surface area (Å²) in [5.41, 5.74) is 3.07. The molecular weight excluding hydrogens is 358 g/mol. The molecule has 0 aliphatic carbocycles. The van der Waals surface area contributed by atoms with Crippen LogP contribution in [-0.4, -0.2) is 18.5 Å². The van der Waals surface area contributed by atoms with E-state index in [1.54, 1.807) is 11.3 Å². The Kier molecular flexibility index (Phi) is 6.39. The molecule has 0 aliphatic rings. The number of ether oxygens (including phenoxy) is 1. The van der Waals surface area contributed by atoms with Crippen LogP contribution >= 0.6 is 11.3 Å². The summed E-state index contributed by atoms with van der Waals surface area (Å²) in [7, 11) is 0. The summed E-state index contributed by atoms with van der Waals surface area (Å²) >= 11 is 1.58. The van der Waals surface area contributed by atoms with Gasteiger partial charge in [-0.05, 0) is 35.1 Å². The number of nitrogens with one attached hydrogen (secondary N) is 1. The molecule has 138 valence electrons. The Morgan fingerprint density at radius 3 is 2.33 bits per heavy atom. The molecule has 1 amide bonds. The normalized spacial score (nSPS) is 11.6. The van der Waals surface area contributed by atoms with Crippen molar-refractivity contribution < 1.29 is 14.3 Å². The lowest BCUT2D eigenvalue weighted by Gasteiger charge is -2.12. The van der Waals surface area contributed by atoms with E-state index in [1.807, 2.05) is 79.0 Å². The van der Waals surface area contributed by atoms with Gasteiger partial charge in [-0.2, -0.15) is 0 Å². The first-order chi connectivity index (χ1) is 13.1. The van der Waals surface area contributed by atoms with Gasteiger partial charge in [-0.1, -0.05) is 60.7 Å². The molecule has 1 atom stereocenters. The average molecular weight is 379 g/mol. The standard InChI is InChI=1S/C22H21NO3S/c1-16(20-8-5-13-27-20)23-21(24)15-26-22(25)14-17-9-11-19(12-10-17)18-6-3-2-4-7-18/h2-13,16H,14-15H2,1H3,(H,23,24)/t16-/m0/s1. The summed E-state index contributed by atoms with van der Waals surface area (Å²) in [5.74, 6) is -0.718. The SMILES string of the molecule is C[C@H](NC(=O)COC(=O)Cc1ccc(-c2ccccc2)cc1)c1cccs1. The maximum absolute atomic E-state index is 12.0. The van der Waals surface area contributed by atoms with Crippen LogP contribution in [0.3, 0.4) is 0 Å². The predicted octanol–water partition coefficient (Wildman–Crippen LogP) is 4.38. The highest BCUT2D eigenvalue weighted by Crippen LogP contribution is 2.20. The minimum Gasteiger partial charge on any atom is -0.455 e. The van der Waals surface area contributed by atoms with Gasteiger partial charge in [0.15, 0.2) is 6.61 Å². The predicted molar refractivity (Wildman–Crippen MR) is 107 cm³/mol. The van der Waals surface area contributed by atoms with Gasteiger partial charge in [-0.15, -0.1) is 11.3 Å². The van der Waals surface area contributed by atoms with Crippen LogP contribution in [0.1, 0.15) is 23.4 Å². The quantitative estimate of drug-likeness (QED) is 0.620. The van der Waals surface area contributed by atoms with Gasteiger partial charge in [0.05, 0.1) is 12.5 Å². The second kappa shape index (κ2) is 9.14. The summed E-state index contributed by atoms with van der Waals surface area (Å²) in [4.78, 5) is 25.0. The first-order valence-corrected chi connectivity index (χ1v) is 9.62. The third kappa shape index (κ3) is 5.53. The zero-order valence-electron chi connectivity index (χ0n) is 15.1. The van der Waals surface area contributed by atoms with Gasteiger partial charge >= 0.3 is 5.97 Å². The van der Waals surface area contributed by atoms with E-state index in [0.29, 0.717) is 0 Å². The van der Waals surface area contributed by atoms with Crippen molar-refractivity contribution in [3.8, 4) is 11.1 Å². The van der Waals surface area contributed by atoms with E-state index in [0.717, 1.165) is 21.6 Å². The molecule has 1 N–H and O–H groups in total. The molecule has 5 heteroatoms. The molecule has 3 aromatic rings. The minimum absolute atomic E-state index is 0.0956. The largest absolute Gasteiger partial charge is 0.455 e. The molecule has 0 saturated carbocycles. The van der Waals surface area contributed by atoms with Gasteiger partial charge in [0.2, 0.25) is 0 Å². The molecule has 1 heterocycles. The smallest absolute Gasteiger partial charge is 0.310 e. The van der Waals surface area contributed by atoms with Crippen molar-refractivity contribution in [1.82, 2.24) is 5.32 Å². The highest BCUT2D eigenvalue weighted by atomic mass is 32.1. The van der Waals surface area contributed by atoms with Crippen molar-refractivity contribution in [1.29, 1.82) is 0 Å². The second-order valence-corrected chi connectivity index (χ2v) is 7.18. The first kappa shape index (κ1) is 18.9. The van der Waals surface area contributed by atoms with Crippen LogP contribution in [0.15, 0.2) is 72.1 Å². The van der Waals surface area contributed by atoms with E-state index in [1.165, 1.54) is 0 Å². The summed E-state index contributed by atoms with van der Waals surface area (Å²) in [6.07, 6.45) is 0.142. The number of carbonyl (C=O) groups is 2. The van der Waals surface area contributed by atoms with Gasteiger partial charge < -0.3 is 10.1 Å². The summed E-state index contributed by atoms with van der Waals surface area (Å²) in [6, 6.07) is 21.6. The molecule has 4 nitrogen and oxygen atoms in total. The topological polar surface area (TPSA) is 55.4 Å². The van der Waals surface area contributed by atoms with Crippen LogP contribution in [-0.2, 0) is 20.7 Å². The lowest BCUT2D eigenvalue weighted by molar-refractivity contribution is -0.148. The van der Waals surface area contributed by atoms with Gasteiger partial charge in [0.1, 0.15) is 0 Å². The molecule has 3 rings (SSSR count). The summed E-state index contributed by atoms with van der Waals surface area (Å²) in [5, 5.41) is 4.78. The molecule has 1 aromatic heterocycles. The Morgan fingerprint density at radius 2 is 1.67 bits per heavy atom. The molecule has 0 fully saturated rings. The van der Waals surface area contributed by atoms with Crippen molar-refractivity contribution in [3.63, 3.8) is 0 Å². The Labute approximate surface area is 162 Å². The van der Waals surface area contributed by atoms with E-state index >= 15 is 0 Å². The summed E-state index contributed by atoms with van der Waals surface area (Å²) in [6.45, 7) is 1.64. The number of thiophene rings is 1. The Morgan fingerprint density at radius 1 is 0.963 bits per heavy atom. The van der Waals surface area contributed by atoms with E-state index in [9.17, 15) is 9.59 Å². The fourth-order valence-electron chi connectivity index (χ4n) is 2.70. The molecule has 0 aliphatic heterocycles. The van der Waals surface area contributed by atoms with Crippen LogP contribution < -0.4 is 5.32 Å². The fraction of sp³-hybridized carbons (Fsp3) is 0.182. The molecule has 27 heavy (non-hydrogen) atoms. The number of benzene rings is 2. The number of amides is 1. The molecule has 0 unspecified atom stereocenters. The number of hydrogen-bond donors (Lipinski definition) is 1. The van der Waals surface area contributed by atoms with Crippen LogP contribution in [0.25, 0.3) is 11.1 Å². The van der Waals surface area contributed by atoms with Gasteiger partial charge in [0, 0.05) is 4.88 Å². The third-order valence-corrected chi connectivity index (χ3v) is 5.18. The zero-order valence-corrected chi connectivity index (χ0v) is 15.9. The average Bonchev–Trinajstić information content (AvgIpc) is 3.23. The maximum atomic E-state index is 12.0. The fourth-order valence-corrected chi connectivity index (χ4v) is 3.44. The second-order valence-electron chi connectivity index (χ2n) is 6.21. The molecule has 2 aromatic carbocycles. The Hall–Kier alpha value is -2.92. The number of carbonyl (C=O) groups excluding carboxylic acids is 2. The molecule has 0 bridgehead atoms. The molecule has 0 saturated heterocycles. The van der Waals surface area contributed by atoms with Crippen molar-refractivity contribution in [2.24, 2.45) is 0 Å². The van der Waals surface area contributed by atoms with E-state index in [4.69, 9.17) is 4.74 Å². The van der Waals surface area contributed by atoms with Crippen LogP contribution in [0.2, 0.25) is 0 Å². The van der Waals surface area contributed by atoms with Gasteiger partial charge in [-0.25, -0.2) is 0 Å². The molecule has 0 spiro atoms. The maximum Gasteiger partial charge on any atom is 0.310 e. The van der Waals surface area contributed by atoms with Gasteiger partial charge in [-0.3, -0.25) is 9.59 Å². The monoisotopic (exact) mass is 379 g/mol. The third-order valence-electron chi connectivity index (χ3n) is 4.12. The minimum atomic E-state index is -0.415. The van der Waals surface area contributed by atoms with Crippen LogP contribution in [0, 0.1) is 0 Å². The lowest BCUT2D eigenvalue weighted by Crippen LogP contribution is -2.31. The van der Waals surface area contributed by atoms with E-state index in [-0.39, 0.29) is 25.0 Å². The van der Waals surface area contributed by atoms with Gasteiger partial charge in [0.25, 0.3) is 5.91 Å². The Bertz CT molecular complexity index is 874. The first-order valence-electron chi connectivity index (χ1n) is 8.74. The highest BCUT2D eigenvalue weighted by molar-refractivity contribution is 7.10. The number of hydrogen-bond acceptors (Lipinski definition) is 4. The highest BCUT2D eigenvalue weighted by Gasteiger charge is 2.13. The van der Waals surface area contributed by atoms with Crippen molar-refractivity contribution in [2.45, 2.75) is 19.4 Å². The number of rotatable bonds is 7. The van der Waals surface area contributed by atoms with E-state index < -0.39 is 5.97 Å². The van der Waals surface area contributed by atoms with Crippen LogP contribution in [0.5, 0.6) is 0 Å². The van der Waals surface area contributed by atoms with Crippen molar-refractivity contribution in [3.05, 3.63) is 82.6 Å². The van der Waals surface area contributed by atoms with Crippen molar-refractivity contribution >= 4 is 23.2 Å².